The van der Waals surface area contributed by atoms with Gasteiger partial charge in [-0.3, -0.25) is 20.1 Å². The van der Waals surface area contributed by atoms with Crippen molar-refractivity contribution in [2.75, 3.05) is 13.1 Å². The number of aryl methyl sites for hydroxylation is 5. The second-order valence-electron chi connectivity index (χ2n) is 36.8. The van der Waals surface area contributed by atoms with E-state index in [-0.39, 0.29) is 54.1 Å². The van der Waals surface area contributed by atoms with Crippen LogP contribution in [0, 0.1) is 50.9 Å². The zero-order valence-corrected chi connectivity index (χ0v) is 76.0. The summed E-state index contributed by atoms with van der Waals surface area (Å²) < 4.78 is 15.6. The molecule has 0 fully saturated rings. The molecule has 17 heteroatoms. The number of allylic oxidation sites excluding steroid dienone is 7. The zero-order chi connectivity index (χ0) is 82.2. The minimum atomic E-state index is 0.0846. The normalized spacial score (nSPS) is 13.7. The fraction of sp³-hybridized carbons (Fsp3) is 0.551. The Kier molecular flexibility index (Phi) is 37.6. The van der Waals surface area contributed by atoms with E-state index in [0.29, 0.717) is 0 Å². The van der Waals surface area contributed by atoms with Crippen molar-refractivity contribution in [1.29, 1.82) is 0 Å². The van der Waals surface area contributed by atoms with Crippen molar-refractivity contribution in [2.24, 2.45) is 38.3 Å². The minimum Gasteiger partial charge on any atom is -0.361 e. The summed E-state index contributed by atoms with van der Waals surface area (Å²) in [4.78, 5) is 28.6. The molecule has 0 amide bonds. The van der Waals surface area contributed by atoms with Gasteiger partial charge < -0.3 is 9.09 Å². The average Bonchev–Trinajstić information content (AvgIpc) is 1.68. The highest BCUT2D eigenvalue weighted by Crippen LogP contribution is 2.34. The Balaban J connectivity index is 0.000000589. The van der Waals surface area contributed by atoms with Gasteiger partial charge in [0.15, 0.2) is 0 Å². The lowest BCUT2D eigenvalue weighted by molar-refractivity contribution is 0.327. The number of imidazole rings is 1. The Labute approximate surface area is 661 Å². The molecule has 106 heavy (non-hydrogen) atoms. The maximum absolute atomic E-state index is 5.08. The minimum absolute atomic E-state index is 0.0846. The Morgan fingerprint density at radius 3 is 1.25 bits per heavy atom. The molecule has 0 atom stereocenters. The molecular formula is C89H140N12OS4. The number of hydrogen-bond acceptors (Lipinski definition) is 15. The largest absolute Gasteiger partial charge is 0.361 e. The molecule has 0 radical (unpaired) electrons. The van der Waals surface area contributed by atoms with Gasteiger partial charge in [-0.25, -0.2) is 15.0 Å². The van der Waals surface area contributed by atoms with Crippen LogP contribution in [0.2, 0.25) is 0 Å². The molecule has 0 aromatic carbocycles. The van der Waals surface area contributed by atoms with Gasteiger partial charge in [-0.05, 0) is 144 Å². The van der Waals surface area contributed by atoms with E-state index in [4.69, 9.17) is 4.52 Å². The van der Waals surface area contributed by atoms with Gasteiger partial charge in [-0.15, -0.1) is 22.7 Å². The van der Waals surface area contributed by atoms with Gasteiger partial charge >= 0.3 is 0 Å². The van der Waals surface area contributed by atoms with E-state index in [1.165, 1.54) is 49.2 Å². The smallest absolute Gasteiger partial charge is 0.142 e. The first kappa shape index (κ1) is 97.1. The van der Waals surface area contributed by atoms with Crippen molar-refractivity contribution in [3.05, 3.63) is 204 Å². The van der Waals surface area contributed by atoms with E-state index in [1.54, 1.807) is 57.9 Å². The van der Waals surface area contributed by atoms with Crippen LogP contribution in [-0.2, 0) is 45.0 Å². The molecule has 10 heterocycles. The molecule has 7 aromatic rings. The summed E-state index contributed by atoms with van der Waals surface area (Å²) in [7, 11) is 2.02. The maximum atomic E-state index is 5.08. The van der Waals surface area contributed by atoms with Crippen LogP contribution in [0.15, 0.2) is 147 Å². The molecule has 0 unspecified atom stereocenters. The van der Waals surface area contributed by atoms with Crippen LogP contribution in [0.4, 0.5) is 0 Å². The third-order valence-electron chi connectivity index (χ3n) is 16.1. The van der Waals surface area contributed by atoms with Gasteiger partial charge in [-0.2, -0.15) is 13.8 Å². The molecule has 13 nitrogen and oxygen atoms in total. The second kappa shape index (κ2) is 41.0. The highest BCUT2D eigenvalue weighted by atomic mass is 32.1. The van der Waals surface area contributed by atoms with Gasteiger partial charge in [-0.1, -0.05) is 264 Å². The van der Waals surface area contributed by atoms with Crippen LogP contribution >= 0.6 is 45.7 Å². The molecule has 3 aliphatic rings. The lowest BCUT2D eigenvalue weighted by Gasteiger charge is -2.20. The number of nitrogens with zero attached hydrogens (tertiary/aromatic N) is 11. The van der Waals surface area contributed by atoms with Gasteiger partial charge in [0.05, 0.1) is 63.0 Å². The fourth-order valence-corrected chi connectivity index (χ4v) is 13.0. The molecule has 586 valence electrons. The van der Waals surface area contributed by atoms with Gasteiger partial charge in [0.25, 0.3) is 0 Å². The quantitative estimate of drug-likeness (QED) is 0.178. The molecule has 0 bridgehead atoms. The van der Waals surface area contributed by atoms with E-state index >= 15 is 0 Å². The Morgan fingerprint density at radius 1 is 0.500 bits per heavy atom. The summed E-state index contributed by atoms with van der Waals surface area (Å²) in [5.74, 6) is 1.88. The van der Waals surface area contributed by atoms with Gasteiger partial charge in [0, 0.05) is 102 Å². The summed E-state index contributed by atoms with van der Waals surface area (Å²) in [6, 6.07) is 6.15. The number of aliphatic imine (C=N–C) groups is 3. The second-order valence-corrected chi connectivity index (χ2v) is 40.6. The van der Waals surface area contributed by atoms with Crippen molar-refractivity contribution in [3.8, 4) is 0 Å². The predicted octanol–water partition coefficient (Wildman–Crippen LogP) is 26.1. The zero-order valence-electron chi connectivity index (χ0n) is 72.8. The molecule has 0 spiro atoms. The number of thiazole rings is 2. The van der Waals surface area contributed by atoms with Gasteiger partial charge in [0.2, 0.25) is 0 Å². The lowest BCUT2D eigenvalue weighted by atomic mass is 9.84. The molecule has 3 aliphatic heterocycles. The highest BCUT2D eigenvalue weighted by Gasteiger charge is 2.26. The number of nitrogens with one attached hydrogen (secondary N) is 1. The Hall–Kier alpha value is -6.92. The number of hydrogen-bond donors (Lipinski definition) is 1. The fourth-order valence-electron chi connectivity index (χ4n) is 9.63. The topological polar surface area (TPSA) is 161 Å². The van der Waals surface area contributed by atoms with E-state index in [9.17, 15) is 0 Å². The highest BCUT2D eigenvalue weighted by molar-refractivity contribution is 7.11. The first-order valence-electron chi connectivity index (χ1n) is 36.8. The molecule has 0 aliphatic carbocycles. The Bertz CT molecular complexity index is 3820. The van der Waals surface area contributed by atoms with Crippen LogP contribution < -0.4 is 0 Å². The number of aromatic nitrogens is 9. The predicted molar refractivity (Wildman–Crippen MR) is 471 cm³/mol. The summed E-state index contributed by atoms with van der Waals surface area (Å²) in [6.07, 6.45) is 20.4. The Morgan fingerprint density at radius 2 is 1.04 bits per heavy atom. The summed E-state index contributed by atoms with van der Waals surface area (Å²) in [5, 5.41) is 17.4. The SMILES string of the molecule is C=CC1=NC(C(C)(C)C)=CC1.C=CC1=NCC=C1C(C)(C)C.C=CC1=NCC=C1C(C)(C)C.C=Cc1cc(C(C)(C)C)[nH]n1.C=Cc1ncc(C(C)(C)C)n1C.Cc1cc(C(C)(C)C)on1.Cc1cc(C(C)(C)C)sn1.Cc1nc(C(C)(C)C)cs1.Cc1ncc(C(C)(C)C)s1.Cc1nscc1C(C)(C)C. The first-order chi connectivity index (χ1) is 48.2. The third kappa shape index (κ3) is 35.0. The van der Waals surface area contributed by atoms with Crippen LogP contribution in [0.25, 0.3) is 12.2 Å². The van der Waals surface area contributed by atoms with E-state index in [0.717, 1.165) is 81.0 Å². The first-order valence-corrected chi connectivity index (χ1v) is 40.1. The van der Waals surface area contributed by atoms with Crippen LogP contribution in [0.1, 0.15) is 291 Å². The van der Waals surface area contributed by atoms with E-state index < -0.39 is 0 Å². The van der Waals surface area contributed by atoms with E-state index in [2.05, 4.69) is 341 Å². The van der Waals surface area contributed by atoms with Crippen molar-refractivity contribution in [2.45, 2.75) is 287 Å². The van der Waals surface area contributed by atoms with Crippen molar-refractivity contribution >= 4 is 75.0 Å². The molecular weight excluding hydrogens is 1380 g/mol. The average molecular weight is 1520 g/mol. The number of H-pyrrole nitrogens is 1. The van der Waals surface area contributed by atoms with Crippen LogP contribution in [0.5, 0.6) is 0 Å². The number of aromatic amines is 1. The number of rotatable bonds is 5. The van der Waals surface area contributed by atoms with E-state index in [1.807, 2.05) is 77.5 Å². The molecule has 0 saturated heterocycles. The third-order valence-corrected chi connectivity index (χ3v) is 20.2. The summed E-state index contributed by atoms with van der Waals surface area (Å²) in [6.45, 7) is 95.7. The van der Waals surface area contributed by atoms with Crippen LogP contribution in [0.3, 0.4) is 0 Å². The van der Waals surface area contributed by atoms with Crippen LogP contribution in [-0.4, -0.2) is 73.8 Å². The van der Waals surface area contributed by atoms with Crippen molar-refractivity contribution < 1.29 is 4.52 Å². The van der Waals surface area contributed by atoms with Crippen molar-refractivity contribution in [3.63, 3.8) is 0 Å². The molecule has 1 N–H and O–H groups in total. The molecule has 0 saturated carbocycles. The summed E-state index contributed by atoms with van der Waals surface area (Å²) >= 11 is 6.65. The molecule has 7 aromatic heterocycles. The van der Waals surface area contributed by atoms with Gasteiger partial charge in [0.1, 0.15) is 11.6 Å². The molecule has 10 rings (SSSR count). The standard InChI is InChI=1S/C10H16N2.3C10H15N.C9H14N2.C8H13NO.4C8H13NS/c1-6-9-11-7-8(12(9)5)10(2,3)4;2*1-5-9-8(6-7-11-9)10(2,3)4;1-5-8-6-7-9(11-8)10(2,3)4;1-5-7-6-8(11-10-7)9(2,3)4;1-6-5-7(10-9-6)8(2,3)4;1-6-9-7(5-10-6)8(2,3)4;1-6-9-5-7(10-6)8(2,3)4;1-6-7(5-10-9-6)8(2,3)4;1-6-5-7(10-9-6)8(2,3)4/h6-7H,1H2,2-5H3;2*5-6H,1,7H2,2-4H3;5,7H,1,6H2,2-4H3;5-6H,1H2,2-4H3,(H,10,11);5*5H,1-4H3. The maximum Gasteiger partial charge on any atom is 0.142 e. The lowest BCUT2D eigenvalue weighted by Crippen LogP contribution is -2.16. The summed E-state index contributed by atoms with van der Waals surface area (Å²) in [5.41, 5.74) is 18.2. The van der Waals surface area contributed by atoms with Crippen molar-refractivity contribution in [1.82, 2.24) is 43.6 Å². The monoisotopic (exact) mass is 1520 g/mol.